The fourth-order valence-corrected chi connectivity index (χ4v) is 1.88. The molecule has 0 aromatic heterocycles. The minimum Gasteiger partial charge on any atom is -0.478 e. The first kappa shape index (κ1) is 18.1. The molecule has 0 unspecified atom stereocenters. The molecule has 112 valence electrons. The van der Waals surface area contributed by atoms with Gasteiger partial charge >= 0.3 is 11.9 Å². The number of hydrogen-bond acceptors (Lipinski definition) is 4. The first-order chi connectivity index (χ1) is 9.56. The van der Waals surface area contributed by atoms with E-state index in [-0.39, 0.29) is 11.1 Å². The number of benzene rings is 1. The van der Waals surface area contributed by atoms with Gasteiger partial charge in [-0.05, 0) is 36.6 Å². The Kier molecular flexibility index (Phi) is 8.98. The summed E-state index contributed by atoms with van der Waals surface area (Å²) in [5.74, 6) is 1.47. The van der Waals surface area contributed by atoms with E-state index in [1.54, 1.807) is 0 Å². The maximum absolute atomic E-state index is 11.0. The predicted octanol–water partition coefficient (Wildman–Crippen LogP) is 2.54. The Bertz CT molecular complexity index is 445. The van der Waals surface area contributed by atoms with Gasteiger partial charge in [0, 0.05) is 0 Å². The molecule has 5 N–H and O–H groups in total. The van der Waals surface area contributed by atoms with Crippen LogP contribution in [-0.2, 0) is 6.42 Å². The first-order valence-electron chi connectivity index (χ1n) is 6.41. The first-order valence-corrected chi connectivity index (χ1v) is 6.41. The van der Waals surface area contributed by atoms with Gasteiger partial charge in [-0.3, -0.25) is 0 Å². The van der Waals surface area contributed by atoms with Crippen molar-refractivity contribution in [3.05, 3.63) is 34.9 Å². The number of unbranched alkanes of at least 4 members (excludes halogenated alkanes) is 3. The molecule has 1 rings (SSSR count). The highest BCUT2D eigenvalue weighted by Gasteiger charge is 2.12. The largest absolute Gasteiger partial charge is 0.478 e. The van der Waals surface area contributed by atoms with Crippen LogP contribution in [0.2, 0.25) is 0 Å². The maximum Gasteiger partial charge on any atom is 0.335 e. The van der Waals surface area contributed by atoms with Crippen LogP contribution in [0.4, 0.5) is 0 Å². The van der Waals surface area contributed by atoms with Gasteiger partial charge in [-0.1, -0.05) is 26.2 Å². The topological polar surface area (TPSA) is 121 Å². The number of aryl methyl sites for hydroxylation is 1. The molecule has 0 spiro atoms. The monoisotopic (exact) mass is 283 g/mol. The average Bonchev–Trinajstić information content (AvgIpc) is 2.45. The zero-order valence-electron chi connectivity index (χ0n) is 11.5. The molecule has 6 heteroatoms. The quantitative estimate of drug-likeness (QED) is 0.450. The van der Waals surface area contributed by atoms with Gasteiger partial charge in [-0.2, -0.15) is 0 Å². The van der Waals surface area contributed by atoms with Gasteiger partial charge in [0.1, 0.15) is 0 Å². The molecular formula is C14H21NO5. The van der Waals surface area contributed by atoms with Crippen molar-refractivity contribution in [1.82, 2.24) is 0 Å². The van der Waals surface area contributed by atoms with Gasteiger partial charge in [0.2, 0.25) is 0 Å². The number of hydrogen-bond donors (Lipinski definition) is 4. The van der Waals surface area contributed by atoms with Crippen LogP contribution in [0.3, 0.4) is 0 Å². The normalized spacial score (nSPS) is 9.55. The van der Waals surface area contributed by atoms with Crippen LogP contribution in [0.5, 0.6) is 0 Å². The second kappa shape index (κ2) is 9.94. The molecule has 1 aromatic carbocycles. The molecule has 0 saturated heterocycles. The van der Waals surface area contributed by atoms with Crippen molar-refractivity contribution < 1.29 is 25.0 Å². The molecule has 1 aromatic rings. The summed E-state index contributed by atoms with van der Waals surface area (Å²) < 4.78 is 0. The summed E-state index contributed by atoms with van der Waals surface area (Å²) in [5, 5.41) is 24.5. The molecule has 0 heterocycles. The Morgan fingerprint density at radius 3 is 2.20 bits per heavy atom. The lowest BCUT2D eigenvalue weighted by molar-refractivity contribution is 0.0680. The summed E-state index contributed by atoms with van der Waals surface area (Å²) in [7, 11) is 0. The van der Waals surface area contributed by atoms with Gasteiger partial charge in [-0.15, -0.1) is 0 Å². The van der Waals surface area contributed by atoms with Crippen molar-refractivity contribution in [2.75, 3.05) is 0 Å². The Morgan fingerprint density at radius 1 is 1.05 bits per heavy atom. The van der Waals surface area contributed by atoms with Gasteiger partial charge in [-0.25, -0.2) is 15.5 Å². The van der Waals surface area contributed by atoms with Crippen LogP contribution >= 0.6 is 0 Å². The van der Waals surface area contributed by atoms with Crippen LogP contribution in [0.1, 0.15) is 58.9 Å². The highest BCUT2D eigenvalue weighted by atomic mass is 16.4. The second-order valence-electron chi connectivity index (χ2n) is 4.29. The van der Waals surface area contributed by atoms with Crippen molar-refractivity contribution >= 4 is 11.9 Å². The minimum absolute atomic E-state index is 0.144. The van der Waals surface area contributed by atoms with E-state index < -0.39 is 11.9 Å². The number of carbonyl (C=O) groups is 2. The SMILES string of the molecule is CCCCCCc1cc(C(=O)O)ccc1C(=O)O.NO. The Labute approximate surface area is 117 Å². The molecule has 0 radical (unpaired) electrons. The third-order valence-corrected chi connectivity index (χ3v) is 2.88. The molecule has 0 fully saturated rings. The number of carboxylic acid groups (broad SMARTS) is 2. The Hall–Kier alpha value is -1.92. The zero-order chi connectivity index (χ0) is 15.5. The lowest BCUT2D eigenvalue weighted by atomic mass is 9.98. The molecule has 20 heavy (non-hydrogen) atoms. The van der Waals surface area contributed by atoms with Crippen LogP contribution in [0.15, 0.2) is 18.2 Å². The van der Waals surface area contributed by atoms with Crippen LogP contribution in [0, 0.1) is 0 Å². The lowest BCUT2D eigenvalue weighted by Gasteiger charge is -2.07. The van der Waals surface area contributed by atoms with Crippen molar-refractivity contribution in [2.24, 2.45) is 5.90 Å². The minimum atomic E-state index is -1.03. The molecule has 0 aliphatic heterocycles. The highest BCUT2D eigenvalue weighted by molar-refractivity contribution is 5.93. The van der Waals surface area contributed by atoms with Crippen LogP contribution < -0.4 is 5.90 Å². The molecule has 0 amide bonds. The maximum atomic E-state index is 11.0. The van der Waals surface area contributed by atoms with Gasteiger partial charge < -0.3 is 15.4 Å². The summed E-state index contributed by atoms with van der Waals surface area (Å²) in [4.78, 5) is 21.9. The fourth-order valence-electron chi connectivity index (χ4n) is 1.88. The van der Waals surface area contributed by atoms with Crippen LogP contribution in [0.25, 0.3) is 0 Å². The Balaban J connectivity index is 0.00000172. The van der Waals surface area contributed by atoms with E-state index in [2.05, 4.69) is 12.8 Å². The second-order valence-corrected chi connectivity index (χ2v) is 4.29. The van der Waals surface area contributed by atoms with E-state index >= 15 is 0 Å². The number of rotatable bonds is 7. The summed E-state index contributed by atoms with van der Waals surface area (Å²) in [6.45, 7) is 2.10. The highest BCUT2D eigenvalue weighted by Crippen LogP contribution is 2.16. The van der Waals surface area contributed by atoms with E-state index in [9.17, 15) is 9.59 Å². The number of carboxylic acids is 2. The smallest absolute Gasteiger partial charge is 0.335 e. The molecule has 0 bridgehead atoms. The third kappa shape index (κ3) is 5.81. The van der Waals surface area contributed by atoms with Crippen molar-refractivity contribution in [2.45, 2.75) is 39.0 Å². The van der Waals surface area contributed by atoms with Gasteiger partial charge in [0.05, 0.1) is 11.1 Å². The van der Waals surface area contributed by atoms with Gasteiger partial charge in [0.25, 0.3) is 0 Å². The number of nitrogens with two attached hydrogens (primary N) is 1. The Morgan fingerprint density at radius 2 is 1.70 bits per heavy atom. The summed E-state index contributed by atoms with van der Waals surface area (Å²) in [6, 6.07) is 4.18. The van der Waals surface area contributed by atoms with E-state index in [1.807, 2.05) is 0 Å². The molecule has 0 aliphatic carbocycles. The average molecular weight is 283 g/mol. The van der Waals surface area contributed by atoms with E-state index in [4.69, 9.17) is 15.4 Å². The fraction of sp³-hybridized carbons (Fsp3) is 0.429. The molecule has 0 atom stereocenters. The number of aromatic carboxylic acids is 2. The third-order valence-electron chi connectivity index (χ3n) is 2.88. The van der Waals surface area contributed by atoms with E-state index in [0.29, 0.717) is 12.0 Å². The summed E-state index contributed by atoms with van der Waals surface area (Å²) >= 11 is 0. The van der Waals surface area contributed by atoms with Crippen molar-refractivity contribution in [3.8, 4) is 0 Å². The van der Waals surface area contributed by atoms with E-state index in [0.717, 1.165) is 25.7 Å². The zero-order valence-corrected chi connectivity index (χ0v) is 11.5. The molecular weight excluding hydrogens is 262 g/mol. The predicted molar refractivity (Wildman–Crippen MR) is 74.2 cm³/mol. The lowest BCUT2D eigenvalue weighted by Crippen LogP contribution is -2.06. The van der Waals surface area contributed by atoms with Crippen LogP contribution in [-0.4, -0.2) is 27.4 Å². The van der Waals surface area contributed by atoms with Crippen molar-refractivity contribution in [3.63, 3.8) is 0 Å². The summed E-state index contributed by atoms with van der Waals surface area (Å²) in [5.41, 5.74) is 0.959. The van der Waals surface area contributed by atoms with Gasteiger partial charge in [0.15, 0.2) is 0 Å². The standard InChI is InChI=1S/C14H18O4.H3NO/c1-2-3-4-5-6-10-9-11(13(15)16)7-8-12(10)14(17)18;1-2/h7-9H,2-6H2,1H3,(H,15,16)(H,17,18);2H,1H2. The molecule has 0 aliphatic rings. The molecule has 0 saturated carbocycles. The summed E-state index contributed by atoms with van der Waals surface area (Å²) in [6.07, 6.45) is 4.76. The van der Waals surface area contributed by atoms with E-state index in [1.165, 1.54) is 18.2 Å². The molecule has 6 nitrogen and oxygen atoms in total. The van der Waals surface area contributed by atoms with Crippen molar-refractivity contribution in [1.29, 1.82) is 0 Å².